The zero-order chi connectivity index (χ0) is 37.7. The third-order valence-electron chi connectivity index (χ3n) is 7.65. The molecule has 6 aromatic carbocycles. The van der Waals surface area contributed by atoms with Crippen LogP contribution in [0.5, 0.6) is 0 Å². The van der Waals surface area contributed by atoms with E-state index in [9.17, 15) is 0 Å². The molecule has 0 radical (unpaired) electrons. The van der Waals surface area contributed by atoms with Crippen LogP contribution in [0.25, 0.3) is 83.6 Å². The molecule has 0 atom stereocenters. The van der Waals surface area contributed by atoms with Gasteiger partial charge in [-0.15, -0.1) is 0 Å². The first-order valence-corrected chi connectivity index (χ1v) is 13.8. The third-order valence-corrected chi connectivity index (χ3v) is 7.65. The molecule has 0 saturated carbocycles. The van der Waals surface area contributed by atoms with Crippen molar-refractivity contribution in [3.63, 3.8) is 0 Å². The van der Waals surface area contributed by atoms with Gasteiger partial charge in [0.25, 0.3) is 0 Å². The summed E-state index contributed by atoms with van der Waals surface area (Å²) in [6.07, 6.45) is 0. The molecule has 0 unspecified atom stereocenters. The summed E-state index contributed by atoms with van der Waals surface area (Å²) in [4.78, 5) is 14.4. The Balaban J connectivity index is 1.28. The molecule has 0 aliphatic carbocycles. The van der Waals surface area contributed by atoms with Crippen molar-refractivity contribution in [3.05, 3.63) is 145 Å². The van der Waals surface area contributed by atoms with E-state index in [2.05, 4.69) is 0 Å². The molecular formula is C39H24N4O. The van der Waals surface area contributed by atoms with Crippen LogP contribution < -0.4 is 0 Å². The summed E-state index contributed by atoms with van der Waals surface area (Å²) in [6, 6.07) is 21.5. The summed E-state index contributed by atoms with van der Waals surface area (Å²) in [5, 5.41) is 3.27. The lowest BCUT2D eigenvalue weighted by atomic mass is 10.0. The number of para-hydroxylation sites is 2. The highest BCUT2D eigenvalue weighted by molar-refractivity contribution is 6.09. The summed E-state index contributed by atoms with van der Waals surface area (Å²) in [7, 11) is 0. The standard InChI is InChI=1S/C39H24N4O/c1-3-11-25(12-4-1)27-19-21-31-32-23-28(20-22-35(32)44-36(31)24-27)38-40-37(26-13-5-2-6-14-26)41-39(42-38)43-33-17-9-7-15-29(33)30-16-8-10-18-34(30)43/h1-24H/i1D,2D,3D,4D,5D,6D,11D,12D,13D,14D. The fourth-order valence-electron chi connectivity index (χ4n) is 5.67. The van der Waals surface area contributed by atoms with Gasteiger partial charge >= 0.3 is 0 Å². The summed E-state index contributed by atoms with van der Waals surface area (Å²) < 4.78 is 91.4. The van der Waals surface area contributed by atoms with Gasteiger partial charge in [0.1, 0.15) is 11.2 Å². The van der Waals surface area contributed by atoms with Gasteiger partial charge < -0.3 is 4.42 Å². The summed E-state index contributed by atoms with van der Waals surface area (Å²) in [5.74, 6) is 0.254. The van der Waals surface area contributed by atoms with Gasteiger partial charge in [-0.05, 0) is 53.6 Å². The van der Waals surface area contributed by atoms with Gasteiger partial charge in [0.05, 0.1) is 24.7 Å². The number of nitrogens with zero attached hydrogens (tertiary/aromatic N) is 4. The first-order chi connectivity index (χ1) is 25.9. The SMILES string of the molecule is [2H]c1c([2H])c([2H])c(-c2ccc3c(c2)oc2ccc(-c4nc(-c5c([2H])c([2H])c([2H])c([2H])c5[2H])nc(-n5c6ccccc6c6ccccc65)n4)cc23)c([2H])c1[2H]. The van der Waals surface area contributed by atoms with Crippen molar-refractivity contribution in [2.75, 3.05) is 0 Å². The van der Waals surface area contributed by atoms with E-state index >= 15 is 0 Å². The minimum atomic E-state index is -0.530. The highest BCUT2D eigenvalue weighted by atomic mass is 16.3. The quantitative estimate of drug-likeness (QED) is 0.210. The predicted octanol–water partition coefficient (Wildman–Crippen LogP) is 9.87. The number of hydrogen-bond donors (Lipinski definition) is 0. The normalized spacial score (nSPS) is 14.8. The highest BCUT2D eigenvalue weighted by Gasteiger charge is 2.18. The Morgan fingerprint density at radius 1 is 0.477 bits per heavy atom. The van der Waals surface area contributed by atoms with Crippen molar-refractivity contribution < 1.29 is 18.1 Å². The number of furan rings is 1. The van der Waals surface area contributed by atoms with E-state index in [1.807, 2.05) is 59.2 Å². The van der Waals surface area contributed by atoms with Crippen LogP contribution in [-0.4, -0.2) is 19.5 Å². The van der Waals surface area contributed by atoms with Gasteiger partial charge in [-0.3, -0.25) is 4.57 Å². The largest absolute Gasteiger partial charge is 0.456 e. The number of fused-ring (bicyclic) bond motifs is 6. The molecule has 0 N–H and O–H groups in total. The Labute approximate surface area is 266 Å². The molecule has 0 saturated heterocycles. The molecule has 0 bridgehead atoms. The van der Waals surface area contributed by atoms with Gasteiger partial charge in [0.15, 0.2) is 11.6 Å². The molecular weight excluding hydrogens is 540 g/mol. The predicted molar refractivity (Wildman–Crippen MR) is 178 cm³/mol. The molecule has 0 fully saturated rings. The molecule has 5 nitrogen and oxygen atoms in total. The maximum absolute atomic E-state index is 8.73. The smallest absolute Gasteiger partial charge is 0.238 e. The lowest BCUT2D eigenvalue weighted by Crippen LogP contribution is -2.06. The van der Waals surface area contributed by atoms with Crippen LogP contribution in [0, 0.1) is 0 Å². The van der Waals surface area contributed by atoms with Crippen LogP contribution in [0.2, 0.25) is 0 Å². The monoisotopic (exact) mass is 574 g/mol. The van der Waals surface area contributed by atoms with E-state index in [1.165, 1.54) is 0 Å². The van der Waals surface area contributed by atoms with Crippen LogP contribution in [0.3, 0.4) is 0 Å². The topological polar surface area (TPSA) is 56.7 Å². The average Bonchev–Trinajstić information content (AvgIpc) is 3.73. The molecule has 0 aliphatic rings. The molecule has 3 heterocycles. The van der Waals surface area contributed by atoms with E-state index in [4.69, 9.17) is 33.1 Å². The maximum atomic E-state index is 8.73. The fourth-order valence-corrected chi connectivity index (χ4v) is 5.67. The van der Waals surface area contributed by atoms with Crippen LogP contribution in [0.4, 0.5) is 0 Å². The van der Waals surface area contributed by atoms with Crippen LogP contribution >= 0.6 is 0 Å². The molecule has 0 amide bonds. The van der Waals surface area contributed by atoms with Crippen LogP contribution in [0.15, 0.2) is 150 Å². The maximum Gasteiger partial charge on any atom is 0.238 e. The zero-order valence-electron chi connectivity index (χ0n) is 32.8. The third kappa shape index (κ3) is 3.91. The first-order valence-electron chi connectivity index (χ1n) is 18.8. The van der Waals surface area contributed by atoms with E-state index in [-0.39, 0.29) is 40.8 Å². The lowest BCUT2D eigenvalue weighted by molar-refractivity contribution is 0.669. The van der Waals surface area contributed by atoms with Gasteiger partial charge in [-0.1, -0.05) is 103 Å². The molecule has 9 aromatic rings. The molecule has 3 aromatic heterocycles. The first kappa shape index (κ1) is 16.5. The Morgan fingerprint density at radius 2 is 1.09 bits per heavy atom. The Bertz CT molecular complexity index is 2970. The number of hydrogen-bond acceptors (Lipinski definition) is 4. The van der Waals surface area contributed by atoms with E-state index in [0.717, 1.165) is 21.8 Å². The van der Waals surface area contributed by atoms with Crippen molar-refractivity contribution in [1.29, 1.82) is 0 Å². The zero-order valence-corrected chi connectivity index (χ0v) is 22.8. The van der Waals surface area contributed by atoms with Crippen molar-refractivity contribution in [2.24, 2.45) is 0 Å². The molecule has 0 aliphatic heterocycles. The highest BCUT2D eigenvalue weighted by Crippen LogP contribution is 2.36. The molecule has 0 spiro atoms. The fraction of sp³-hybridized carbons (Fsp3) is 0. The molecule has 44 heavy (non-hydrogen) atoms. The number of rotatable bonds is 4. The van der Waals surface area contributed by atoms with Crippen molar-refractivity contribution in [2.45, 2.75) is 0 Å². The molecule has 9 rings (SSSR count). The van der Waals surface area contributed by atoms with Crippen molar-refractivity contribution >= 4 is 43.7 Å². The van der Waals surface area contributed by atoms with E-state index in [0.29, 0.717) is 33.1 Å². The number of benzene rings is 6. The molecule has 206 valence electrons. The van der Waals surface area contributed by atoms with Crippen LogP contribution in [-0.2, 0) is 0 Å². The Morgan fingerprint density at radius 3 is 1.80 bits per heavy atom. The van der Waals surface area contributed by atoms with E-state index < -0.39 is 48.3 Å². The van der Waals surface area contributed by atoms with Gasteiger partial charge in [-0.25, -0.2) is 4.98 Å². The second-order valence-electron chi connectivity index (χ2n) is 10.2. The Kier molecular flexibility index (Phi) is 3.66. The van der Waals surface area contributed by atoms with Crippen molar-refractivity contribution in [3.8, 4) is 39.9 Å². The van der Waals surface area contributed by atoms with Gasteiger partial charge in [0, 0.05) is 32.7 Å². The van der Waals surface area contributed by atoms with Crippen LogP contribution in [0.1, 0.15) is 13.7 Å². The second-order valence-corrected chi connectivity index (χ2v) is 10.2. The molecule has 5 heteroatoms. The van der Waals surface area contributed by atoms with Gasteiger partial charge in [-0.2, -0.15) is 9.97 Å². The van der Waals surface area contributed by atoms with Crippen molar-refractivity contribution in [1.82, 2.24) is 19.5 Å². The average molecular weight is 575 g/mol. The minimum Gasteiger partial charge on any atom is -0.456 e. The van der Waals surface area contributed by atoms with E-state index in [1.54, 1.807) is 30.3 Å². The second kappa shape index (κ2) is 9.75. The minimum absolute atomic E-state index is 0.0620. The number of aromatic nitrogens is 4. The Hall–Kier alpha value is -6.07. The summed E-state index contributed by atoms with van der Waals surface area (Å²) in [5.41, 5.74) is 3.35. The lowest BCUT2D eigenvalue weighted by Gasteiger charge is -2.11. The summed E-state index contributed by atoms with van der Waals surface area (Å²) >= 11 is 0. The summed E-state index contributed by atoms with van der Waals surface area (Å²) in [6.45, 7) is 0. The van der Waals surface area contributed by atoms with Gasteiger partial charge in [0.2, 0.25) is 5.95 Å².